The van der Waals surface area contributed by atoms with Crippen molar-refractivity contribution in [3.05, 3.63) is 20.8 Å². The summed E-state index contributed by atoms with van der Waals surface area (Å²) in [5, 5.41) is 9.12. The number of hydrogen-bond donors (Lipinski definition) is 1. The van der Waals surface area contributed by atoms with Crippen molar-refractivity contribution in [3.8, 4) is 0 Å². The van der Waals surface area contributed by atoms with Crippen molar-refractivity contribution in [2.24, 2.45) is 5.41 Å². The minimum atomic E-state index is -0.823. The van der Waals surface area contributed by atoms with Gasteiger partial charge in [-0.15, -0.1) is 11.3 Å². The smallest absolute Gasteiger partial charge is 0.311 e. The van der Waals surface area contributed by atoms with Crippen LogP contribution in [0.25, 0.3) is 0 Å². The van der Waals surface area contributed by atoms with Gasteiger partial charge in [0.05, 0.1) is 15.6 Å². The van der Waals surface area contributed by atoms with Gasteiger partial charge in [0.2, 0.25) is 5.91 Å². The monoisotopic (exact) mass is 331 g/mol. The fraction of sp³-hybridized carbons (Fsp3) is 0.500. The van der Waals surface area contributed by atoms with Crippen molar-refractivity contribution in [2.45, 2.75) is 19.8 Å². The van der Waals surface area contributed by atoms with Gasteiger partial charge in [-0.2, -0.15) is 0 Å². The molecular weight excluding hydrogens is 318 g/mol. The summed E-state index contributed by atoms with van der Waals surface area (Å²) in [4.78, 5) is 25.8. The van der Waals surface area contributed by atoms with E-state index in [2.05, 4.69) is 15.9 Å². The molecule has 0 radical (unpaired) electrons. The Bertz CT molecular complexity index is 487. The number of rotatable bonds is 3. The normalized spacial score (nSPS) is 23.3. The molecule has 1 aromatic heterocycles. The van der Waals surface area contributed by atoms with Crippen LogP contribution in [0.3, 0.4) is 0 Å². The maximum atomic E-state index is 12.1. The summed E-state index contributed by atoms with van der Waals surface area (Å²) in [6, 6.07) is 3.83. The van der Waals surface area contributed by atoms with Gasteiger partial charge in [0, 0.05) is 18.0 Å². The molecule has 4 nitrogen and oxygen atoms in total. The fourth-order valence-electron chi connectivity index (χ4n) is 2.06. The molecule has 1 fully saturated rings. The zero-order valence-corrected chi connectivity index (χ0v) is 12.4. The highest BCUT2D eigenvalue weighted by Crippen LogP contribution is 2.31. The summed E-state index contributed by atoms with van der Waals surface area (Å²) in [6.07, 6.45) is 0.883. The van der Waals surface area contributed by atoms with Crippen molar-refractivity contribution in [3.63, 3.8) is 0 Å². The molecule has 1 unspecified atom stereocenters. The molecule has 0 spiro atoms. The summed E-state index contributed by atoms with van der Waals surface area (Å²) in [6.45, 7) is 2.55. The molecule has 0 aliphatic carbocycles. The second kappa shape index (κ2) is 5.01. The number of amides is 1. The van der Waals surface area contributed by atoms with Gasteiger partial charge in [0.1, 0.15) is 0 Å². The number of carboxylic acid groups (broad SMARTS) is 1. The first-order valence-corrected chi connectivity index (χ1v) is 7.27. The van der Waals surface area contributed by atoms with E-state index in [9.17, 15) is 9.59 Å². The zero-order chi connectivity index (χ0) is 13.3. The lowest BCUT2D eigenvalue weighted by molar-refractivity contribution is -0.147. The molecule has 0 aromatic carbocycles. The van der Waals surface area contributed by atoms with E-state index in [4.69, 9.17) is 5.11 Å². The van der Waals surface area contributed by atoms with Crippen LogP contribution in [0.15, 0.2) is 15.9 Å². The lowest BCUT2D eigenvalue weighted by atomic mass is 9.90. The average Bonchev–Trinajstić information content (AvgIpc) is 2.86. The number of halogens is 1. The fourth-order valence-corrected chi connectivity index (χ4v) is 3.53. The molecule has 1 aromatic rings. The van der Waals surface area contributed by atoms with Gasteiger partial charge in [-0.1, -0.05) is 0 Å². The van der Waals surface area contributed by atoms with Gasteiger partial charge < -0.3 is 10.0 Å². The molecular formula is C12H14BrNO3S. The molecule has 1 aliphatic heterocycles. The Morgan fingerprint density at radius 1 is 1.56 bits per heavy atom. The zero-order valence-electron chi connectivity index (χ0n) is 9.98. The highest BCUT2D eigenvalue weighted by atomic mass is 79.9. The molecule has 0 saturated carbocycles. The molecule has 1 N–H and O–H groups in total. The summed E-state index contributed by atoms with van der Waals surface area (Å²) in [5.74, 6) is -0.814. The number of carbonyl (C=O) groups excluding carboxylic acids is 1. The van der Waals surface area contributed by atoms with Gasteiger partial charge in [0.15, 0.2) is 0 Å². The molecule has 2 rings (SSSR count). The number of carboxylic acids is 1. The molecule has 1 atom stereocenters. The van der Waals surface area contributed by atoms with E-state index in [0.29, 0.717) is 25.9 Å². The van der Waals surface area contributed by atoms with Gasteiger partial charge in [-0.05, 0) is 41.4 Å². The van der Waals surface area contributed by atoms with Gasteiger partial charge in [0.25, 0.3) is 0 Å². The molecule has 98 valence electrons. The lowest BCUT2D eigenvalue weighted by Gasteiger charge is -2.19. The first kappa shape index (κ1) is 13.5. The Hall–Kier alpha value is -0.880. The van der Waals surface area contributed by atoms with Gasteiger partial charge >= 0.3 is 5.97 Å². The Kier molecular flexibility index (Phi) is 3.77. The molecule has 6 heteroatoms. The Balaban J connectivity index is 1.98. The van der Waals surface area contributed by atoms with Crippen molar-refractivity contribution < 1.29 is 14.7 Å². The van der Waals surface area contributed by atoms with Crippen LogP contribution in [0.2, 0.25) is 0 Å². The number of hydrogen-bond acceptors (Lipinski definition) is 3. The number of thiophene rings is 1. The summed E-state index contributed by atoms with van der Waals surface area (Å²) in [5.41, 5.74) is -0.786. The predicted molar refractivity (Wildman–Crippen MR) is 72.7 cm³/mol. The minimum absolute atomic E-state index is 0.00863. The van der Waals surface area contributed by atoms with Crippen LogP contribution in [0.4, 0.5) is 0 Å². The Labute approximate surface area is 118 Å². The predicted octanol–water partition coefficient (Wildman–Crippen LogP) is 2.38. The quantitative estimate of drug-likeness (QED) is 0.925. The van der Waals surface area contributed by atoms with E-state index in [0.717, 1.165) is 8.66 Å². The summed E-state index contributed by atoms with van der Waals surface area (Å²) >= 11 is 4.89. The molecule has 1 aliphatic rings. The maximum Gasteiger partial charge on any atom is 0.311 e. The van der Waals surface area contributed by atoms with Crippen molar-refractivity contribution in [2.75, 3.05) is 13.1 Å². The van der Waals surface area contributed by atoms with Gasteiger partial charge in [-0.3, -0.25) is 9.59 Å². The molecule has 2 heterocycles. The highest BCUT2D eigenvalue weighted by Gasteiger charge is 2.41. The number of likely N-dealkylation sites (tertiary alicyclic amines) is 1. The van der Waals surface area contributed by atoms with Crippen molar-refractivity contribution in [1.29, 1.82) is 0 Å². The molecule has 1 amide bonds. The van der Waals surface area contributed by atoms with Crippen LogP contribution in [0.1, 0.15) is 18.2 Å². The lowest BCUT2D eigenvalue weighted by Crippen LogP contribution is -2.35. The molecule has 1 saturated heterocycles. The topological polar surface area (TPSA) is 57.6 Å². The number of aliphatic carboxylic acids is 1. The van der Waals surface area contributed by atoms with Gasteiger partial charge in [-0.25, -0.2) is 0 Å². The molecule has 0 bridgehead atoms. The van der Waals surface area contributed by atoms with Crippen LogP contribution in [-0.4, -0.2) is 35.0 Å². The van der Waals surface area contributed by atoms with E-state index in [1.807, 2.05) is 12.1 Å². The number of carbonyl (C=O) groups is 2. The summed E-state index contributed by atoms with van der Waals surface area (Å²) < 4.78 is 1.00. The second-order valence-electron chi connectivity index (χ2n) is 4.81. The van der Waals surface area contributed by atoms with E-state index in [1.165, 1.54) is 11.3 Å². The van der Waals surface area contributed by atoms with E-state index < -0.39 is 11.4 Å². The van der Waals surface area contributed by atoms with E-state index in [-0.39, 0.29) is 5.91 Å². The third-order valence-electron chi connectivity index (χ3n) is 3.30. The largest absolute Gasteiger partial charge is 0.481 e. The van der Waals surface area contributed by atoms with Crippen LogP contribution in [-0.2, 0) is 16.0 Å². The first-order valence-electron chi connectivity index (χ1n) is 5.66. The van der Waals surface area contributed by atoms with Crippen molar-refractivity contribution >= 4 is 39.1 Å². The van der Waals surface area contributed by atoms with E-state index >= 15 is 0 Å². The maximum absolute atomic E-state index is 12.1. The van der Waals surface area contributed by atoms with Crippen molar-refractivity contribution in [1.82, 2.24) is 4.90 Å². The average molecular weight is 332 g/mol. The SMILES string of the molecule is CC1(C(=O)O)CCN(C(=O)Cc2ccc(Br)s2)C1. The number of nitrogens with zero attached hydrogens (tertiary/aromatic N) is 1. The third-order valence-corrected chi connectivity index (χ3v) is 4.92. The standard InChI is InChI=1S/C12H14BrNO3S/c1-12(11(16)17)4-5-14(7-12)10(15)6-8-2-3-9(13)18-8/h2-3H,4-7H2,1H3,(H,16,17). The van der Waals surface area contributed by atoms with E-state index in [1.54, 1.807) is 11.8 Å². The van der Waals surface area contributed by atoms with Crippen LogP contribution < -0.4 is 0 Å². The van der Waals surface area contributed by atoms with Crippen LogP contribution in [0.5, 0.6) is 0 Å². The minimum Gasteiger partial charge on any atom is -0.481 e. The highest BCUT2D eigenvalue weighted by molar-refractivity contribution is 9.11. The third kappa shape index (κ3) is 2.75. The Morgan fingerprint density at radius 2 is 2.28 bits per heavy atom. The Morgan fingerprint density at radius 3 is 2.78 bits per heavy atom. The summed E-state index contributed by atoms with van der Waals surface area (Å²) in [7, 11) is 0. The van der Waals surface area contributed by atoms with Crippen LogP contribution >= 0.6 is 27.3 Å². The first-order chi connectivity index (χ1) is 8.40. The second-order valence-corrected chi connectivity index (χ2v) is 7.36. The molecule has 18 heavy (non-hydrogen) atoms. The van der Waals surface area contributed by atoms with Crippen LogP contribution in [0, 0.1) is 5.41 Å².